The fraction of sp³-hybridized carbons (Fsp3) is 0.125. The maximum Gasteiger partial charge on any atom is 0.226 e. The van der Waals surface area contributed by atoms with Gasteiger partial charge >= 0.3 is 0 Å². The van der Waals surface area contributed by atoms with Crippen LogP contribution in [0.4, 0.5) is 5.69 Å². The van der Waals surface area contributed by atoms with E-state index in [-0.39, 0.29) is 11.9 Å². The normalized spacial score (nSPS) is 12.0. The van der Waals surface area contributed by atoms with Crippen molar-refractivity contribution in [1.82, 2.24) is 9.55 Å². The minimum Gasteiger partial charge on any atom is -0.346 e. The summed E-state index contributed by atoms with van der Waals surface area (Å²) in [7, 11) is 0. The molecule has 1 N–H and O–H groups in total. The Balaban J connectivity index is 1.73. The number of nitrogens with zero attached hydrogens (tertiary/aromatic N) is 2. The third-order valence-corrected chi connectivity index (χ3v) is 4.23. The Morgan fingerprint density at radius 1 is 1.32 bits per heavy atom. The predicted octanol–water partition coefficient (Wildman–Crippen LogP) is 4.22. The summed E-state index contributed by atoms with van der Waals surface area (Å²) >= 11 is 7.37. The van der Waals surface area contributed by atoms with Crippen LogP contribution in [-0.2, 0) is 4.79 Å². The summed E-state index contributed by atoms with van der Waals surface area (Å²) in [6, 6.07) is 9.34. The van der Waals surface area contributed by atoms with Crippen molar-refractivity contribution in [3.63, 3.8) is 0 Å². The van der Waals surface area contributed by atoms with Crippen molar-refractivity contribution in [3.8, 4) is 0 Å². The molecule has 0 unspecified atom stereocenters. The molecule has 0 saturated carbocycles. The number of amides is 1. The van der Waals surface area contributed by atoms with Crippen molar-refractivity contribution < 1.29 is 4.79 Å². The van der Waals surface area contributed by atoms with Crippen LogP contribution in [0.5, 0.6) is 0 Å². The lowest BCUT2D eigenvalue weighted by Crippen LogP contribution is -2.19. The van der Waals surface area contributed by atoms with Crippen LogP contribution in [0, 0.1) is 0 Å². The van der Waals surface area contributed by atoms with E-state index in [0.717, 1.165) is 5.56 Å². The summed E-state index contributed by atoms with van der Waals surface area (Å²) < 4.78 is 2.04. The second-order valence-corrected chi connectivity index (χ2v) is 5.99. The lowest BCUT2D eigenvalue weighted by atomic mass is 10.1. The molecule has 0 bridgehead atoms. The van der Waals surface area contributed by atoms with Crippen molar-refractivity contribution in [2.24, 2.45) is 0 Å². The van der Waals surface area contributed by atoms with Crippen LogP contribution in [0.3, 0.4) is 0 Å². The first-order valence-corrected chi connectivity index (χ1v) is 8.10. The van der Waals surface area contributed by atoms with Crippen LogP contribution < -0.4 is 5.32 Å². The van der Waals surface area contributed by atoms with Gasteiger partial charge in [0.15, 0.2) is 0 Å². The average molecular weight is 332 g/mol. The van der Waals surface area contributed by atoms with E-state index in [1.807, 2.05) is 40.5 Å². The Morgan fingerprint density at radius 2 is 2.14 bits per heavy atom. The number of halogens is 1. The summed E-state index contributed by atoms with van der Waals surface area (Å²) in [5, 5.41) is 7.35. The lowest BCUT2D eigenvalue weighted by molar-refractivity contribution is -0.116. The van der Waals surface area contributed by atoms with Gasteiger partial charge in [0.1, 0.15) is 5.15 Å². The number of aromatic nitrogens is 2. The topological polar surface area (TPSA) is 46.9 Å². The number of hydrogen-bond acceptors (Lipinski definition) is 3. The SMILES string of the molecule is O=C(C[C@H](c1ccsc1)n1cccc1)Nc1ccc(Cl)nc1. The standard InChI is InChI=1S/C16H14ClN3OS/c17-15-4-3-13(10-18-15)19-16(21)9-14(12-5-8-22-11-12)20-6-1-2-7-20/h1-8,10-11,14H,9H2,(H,19,21)/t14-/m1/s1. The maximum atomic E-state index is 12.3. The molecule has 0 saturated heterocycles. The first-order valence-electron chi connectivity index (χ1n) is 6.78. The van der Waals surface area contributed by atoms with E-state index >= 15 is 0 Å². The minimum atomic E-state index is -0.0611. The fourth-order valence-corrected chi connectivity index (χ4v) is 3.07. The van der Waals surface area contributed by atoms with Crippen molar-refractivity contribution in [3.05, 3.63) is 70.4 Å². The van der Waals surface area contributed by atoms with E-state index in [4.69, 9.17) is 11.6 Å². The fourth-order valence-electron chi connectivity index (χ4n) is 2.25. The predicted molar refractivity (Wildman–Crippen MR) is 89.4 cm³/mol. The third kappa shape index (κ3) is 3.55. The van der Waals surface area contributed by atoms with Crippen molar-refractivity contribution in [1.29, 1.82) is 0 Å². The summed E-state index contributed by atoms with van der Waals surface area (Å²) in [5.74, 6) is -0.0611. The Hall–Kier alpha value is -2.11. The molecule has 0 aromatic carbocycles. The minimum absolute atomic E-state index is 0.0125. The molecule has 6 heteroatoms. The molecule has 0 radical (unpaired) electrons. The highest BCUT2D eigenvalue weighted by Gasteiger charge is 2.17. The van der Waals surface area contributed by atoms with E-state index in [2.05, 4.69) is 15.7 Å². The van der Waals surface area contributed by atoms with Gasteiger partial charge in [-0.25, -0.2) is 4.98 Å². The third-order valence-electron chi connectivity index (χ3n) is 3.31. The van der Waals surface area contributed by atoms with Crippen LogP contribution in [0.1, 0.15) is 18.0 Å². The second-order valence-electron chi connectivity index (χ2n) is 4.82. The van der Waals surface area contributed by atoms with Gasteiger partial charge in [-0.15, -0.1) is 0 Å². The van der Waals surface area contributed by atoms with E-state index in [9.17, 15) is 4.79 Å². The molecule has 1 atom stereocenters. The summed E-state index contributed by atoms with van der Waals surface area (Å²) in [6.07, 6.45) is 5.85. The Labute approximate surface area is 137 Å². The highest BCUT2D eigenvalue weighted by Crippen LogP contribution is 2.25. The number of carbonyl (C=O) groups excluding carboxylic acids is 1. The molecular weight excluding hydrogens is 318 g/mol. The van der Waals surface area contributed by atoms with Gasteiger partial charge in [0, 0.05) is 12.4 Å². The van der Waals surface area contributed by atoms with Gasteiger partial charge in [-0.05, 0) is 46.7 Å². The zero-order chi connectivity index (χ0) is 15.4. The van der Waals surface area contributed by atoms with Gasteiger partial charge in [0.05, 0.1) is 24.3 Å². The van der Waals surface area contributed by atoms with Crippen LogP contribution in [0.25, 0.3) is 0 Å². The number of thiophene rings is 1. The van der Waals surface area contributed by atoms with Gasteiger partial charge in [0.25, 0.3) is 0 Å². The van der Waals surface area contributed by atoms with Gasteiger partial charge in [0.2, 0.25) is 5.91 Å². The van der Waals surface area contributed by atoms with Gasteiger partial charge in [-0.2, -0.15) is 11.3 Å². The van der Waals surface area contributed by atoms with Crippen LogP contribution in [0.2, 0.25) is 5.15 Å². The highest BCUT2D eigenvalue weighted by atomic mass is 35.5. The molecule has 3 aromatic heterocycles. The lowest BCUT2D eigenvalue weighted by Gasteiger charge is -2.18. The summed E-state index contributed by atoms with van der Waals surface area (Å²) in [4.78, 5) is 16.3. The molecule has 3 aromatic rings. The molecule has 0 spiro atoms. The number of nitrogens with one attached hydrogen (secondary N) is 1. The van der Waals surface area contributed by atoms with Crippen LogP contribution in [0.15, 0.2) is 59.7 Å². The summed E-state index contributed by atoms with van der Waals surface area (Å²) in [6.45, 7) is 0. The van der Waals surface area contributed by atoms with Crippen LogP contribution >= 0.6 is 22.9 Å². The Morgan fingerprint density at radius 3 is 2.77 bits per heavy atom. The number of hydrogen-bond donors (Lipinski definition) is 1. The molecule has 1 amide bonds. The largest absolute Gasteiger partial charge is 0.346 e. The smallest absolute Gasteiger partial charge is 0.226 e. The molecule has 0 aliphatic heterocycles. The van der Waals surface area contributed by atoms with Gasteiger partial charge in [-0.1, -0.05) is 11.6 Å². The molecule has 0 aliphatic rings. The average Bonchev–Trinajstić information content (AvgIpc) is 3.21. The molecule has 22 heavy (non-hydrogen) atoms. The molecule has 0 fully saturated rings. The number of carbonyl (C=O) groups is 1. The molecule has 112 valence electrons. The summed E-state index contributed by atoms with van der Waals surface area (Å²) in [5.41, 5.74) is 1.77. The van der Waals surface area contributed by atoms with E-state index in [1.165, 1.54) is 0 Å². The first kappa shape index (κ1) is 14.8. The Bertz CT molecular complexity index is 689. The quantitative estimate of drug-likeness (QED) is 0.712. The molecule has 3 rings (SSSR count). The molecular formula is C16H14ClN3OS. The van der Waals surface area contributed by atoms with E-state index in [1.54, 1.807) is 29.7 Å². The van der Waals surface area contributed by atoms with E-state index in [0.29, 0.717) is 17.3 Å². The monoisotopic (exact) mass is 331 g/mol. The molecule has 4 nitrogen and oxygen atoms in total. The van der Waals surface area contributed by atoms with Crippen molar-refractivity contribution in [2.75, 3.05) is 5.32 Å². The van der Waals surface area contributed by atoms with Gasteiger partial charge in [-0.3, -0.25) is 4.79 Å². The van der Waals surface area contributed by atoms with Gasteiger partial charge < -0.3 is 9.88 Å². The molecule has 0 aliphatic carbocycles. The Kier molecular flexibility index (Phi) is 4.56. The van der Waals surface area contributed by atoms with Crippen LogP contribution in [-0.4, -0.2) is 15.5 Å². The second kappa shape index (κ2) is 6.77. The van der Waals surface area contributed by atoms with Crippen molar-refractivity contribution in [2.45, 2.75) is 12.5 Å². The van der Waals surface area contributed by atoms with E-state index < -0.39 is 0 Å². The first-order chi connectivity index (χ1) is 10.7. The number of anilines is 1. The zero-order valence-corrected chi connectivity index (χ0v) is 13.2. The van der Waals surface area contributed by atoms with Crippen molar-refractivity contribution >= 4 is 34.5 Å². The molecule has 3 heterocycles. The number of rotatable bonds is 5. The maximum absolute atomic E-state index is 12.3. The zero-order valence-electron chi connectivity index (χ0n) is 11.6. The number of pyridine rings is 1. The highest BCUT2D eigenvalue weighted by molar-refractivity contribution is 7.08.